The standard InChI is InChI=1S/C15H30N2O/c1-13-10-17(11-14(2)18-13)15(12-16)8-6-4-3-5-7-9-15/h13-14H,3-12,16H2,1-2H3/t13-,14+. The van der Waals surface area contributed by atoms with E-state index in [2.05, 4.69) is 18.7 Å². The van der Waals surface area contributed by atoms with Crippen LogP contribution in [0.4, 0.5) is 0 Å². The Labute approximate surface area is 112 Å². The third-order valence-corrected chi connectivity index (χ3v) is 4.75. The molecule has 0 spiro atoms. The fourth-order valence-electron chi connectivity index (χ4n) is 3.78. The van der Waals surface area contributed by atoms with Gasteiger partial charge >= 0.3 is 0 Å². The van der Waals surface area contributed by atoms with Crippen LogP contribution >= 0.6 is 0 Å². The monoisotopic (exact) mass is 254 g/mol. The van der Waals surface area contributed by atoms with Gasteiger partial charge in [-0.15, -0.1) is 0 Å². The minimum atomic E-state index is 0.257. The maximum Gasteiger partial charge on any atom is 0.0678 e. The summed E-state index contributed by atoms with van der Waals surface area (Å²) in [6.07, 6.45) is 10.1. The number of nitrogens with zero attached hydrogens (tertiary/aromatic N) is 1. The van der Waals surface area contributed by atoms with Gasteiger partial charge in [-0.1, -0.05) is 32.1 Å². The van der Waals surface area contributed by atoms with Gasteiger partial charge in [-0.2, -0.15) is 0 Å². The Hall–Kier alpha value is -0.120. The Kier molecular flexibility index (Phi) is 5.05. The zero-order valence-corrected chi connectivity index (χ0v) is 12.2. The molecule has 0 amide bonds. The van der Waals surface area contributed by atoms with Gasteiger partial charge in [0, 0.05) is 25.2 Å². The largest absolute Gasteiger partial charge is 0.373 e. The van der Waals surface area contributed by atoms with Gasteiger partial charge < -0.3 is 10.5 Å². The van der Waals surface area contributed by atoms with Crippen molar-refractivity contribution in [1.82, 2.24) is 4.90 Å². The average molecular weight is 254 g/mol. The maximum atomic E-state index is 6.20. The molecular formula is C15H30N2O. The third-order valence-electron chi connectivity index (χ3n) is 4.75. The van der Waals surface area contributed by atoms with Crippen LogP contribution < -0.4 is 5.73 Å². The van der Waals surface area contributed by atoms with Crippen LogP contribution in [0.15, 0.2) is 0 Å². The van der Waals surface area contributed by atoms with Crippen molar-refractivity contribution < 1.29 is 4.74 Å². The number of hydrogen-bond donors (Lipinski definition) is 1. The number of ether oxygens (including phenoxy) is 1. The highest BCUT2D eigenvalue weighted by molar-refractivity contribution is 4.95. The van der Waals surface area contributed by atoms with Crippen molar-refractivity contribution in [2.75, 3.05) is 19.6 Å². The zero-order valence-electron chi connectivity index (χ0n) is 12.2. The van der Waals surface area contributed by atoms with E-state index < -0.39 is 0 Å². The average Bonchev–Trinajstić information content (AvgIpc) is 2.28. The molecule has 1 heterocycles. The van der Waals surface area contributed by atoms with Crippen LogP contribution in [0.25, 0.3) is 0 Å². The molecule has 1 aliphatic carbocycles. The fraction of sp³-hybridized carbons (Fsp3) is 1.00. The highest BCUT2D eigenvalue weighted by Crippen LogP contribution is 2.33. The second-order valence-corrected chi connectivity index (χ2v) is 6.36. The van der Waals surface area contributed by atoms with Crippen molar-refractivity contribution in [3.05, 3.63) is 0 Å². The van der Waals surface area contributed by atoms with Crippen molar-refractivity contribution >= 4 is 0 Å². The second-order valence-electron chi connectivity index (χ2n) is 6.36. The van der Waals surface area contributed by atoms with E-state index in [1.54, 1.807) is 0 Å². The molecule has 2 aliphatic rings. The van der Waals surface area contributed by atoms with Crippen molar-refractivity contribution in [3.63, 3.8) is 0 Å². The Morgan fingerprint density at radius 2 is 1.50 bits per heavy atom. The van der Waals surface area contributed by atoms with Gasteiger partial charge in [-0.05, 0) is 26.7 Å². The van der Waals surface area contributed by atoms with Crippen LogP contribution in [0, 0.1) is 0 Å². The lowest BCUT2D eigenvalue weighted by Gasteiger charge is -2.49. The Balaban J connectivity index is 2.08. The summed E-state index contributed by atoms with van der Waals surface area (Å²) in [5.41, 5.74) is 6.45. The first kappa shape index (κ1) is 14.3. The topological polar surface area (TPSA) is 38.5 Å². The minimum Gasteiger partial charge on any atom is -0.373 e. The fourth-order valence-corrected chi connectivity index (χ4v) is 3.78. The lowest BCUT2D eigenvalue weighted by molar-refractivity contribution is -0.105. The Morgan fingerprint density at radius 3 is 2.00 bits per heavy atom. The van der Waals surface area contributed by atoms with Crippen LogP contribution in [0.3, 0.4) is 0 Å². The number of nitrogens with two attached hydrogens (primary N) is 1. The quantitative estimate of drug-likeness (QED) is 0.823. The summed E-state index contributed by atoms with van der Waals surface area (Å²) in [4.78, 5) is 2.65. The number of hydrogen-bond acceptors (Lipinski definition) is 3. The highest BCUT2D eigenvalue weighted by atomic mass is 16.5. The van der Waals surface area contributed by atoms with Gasteiger partial charge in [0.05, 0.1) is 12.2 Å². The zero-order chi connectivity index (χ0) is 13.0. The van der Waals surface area contributed by atoms with Crippen LogP contribution in [-0.4, -0.2) is 42.3 Å². The van der Waals surface area contributed by atoms with Crippen molar-refractivity contribution in [3.8, 4) is 0 Å². The molecule has 0 unspecified atom stereocenters. The lowest BCUT2D eigenvalue weighted by Crippen LogP contribution is -2.60. The summed E-state index contributed by atoms with van der Waals surface area (Å²) >= 11 is 0. The molecule has 1 saturated heterocycles. The van der Waals surface area contributed by atoms with E-state index in [1.165, 1.54) is 44.9 Å². The summed E-state index contributed by atoms with van der Waals surface area (Å²) in [5.74, 6) is 0. The SMILES string of the molecule is C[C@@H]1CN(C2(CN)CCCCCCC2)C[C@H](C)O1. The first-order valence-electron chi connectivity index (χ1n) is 7.77. The molecule has 0 radical (unpaired) electrons. The van der Waals surface area contributed by atoms with Crippen LogP contribution in [0.5, 0.6) is 0 Å². The van der Waals surface area contributed by atoms with Crippen molar-refractivity contribution in [2.45, 2.75) is 76.5 Å². The van der Waals surface area contributed by atoms with Crippen LogP contribution in [0.1, 0.15) is 58.8 Å². The van der Waals surface area contributed by atoms with E-state index in [-0.39, 0.29) is 5.54 Å². The summed E-state index contributed by atoms with van der Waals surface area (Å²) < 4.78 is 5.87. The molecule has 0 aromatic carbocycles. The van der Waals surface area contributed by atoms with Gasteiger partial charge in [0.1, 0.15) is 0 Å². The van der Waals surface area contributed by atoms with Gasteiger partial charge in [0.2, 0.25) is 0 Å². The normalized spacial score (nSPS) is 34.8. The molecule has 0 aromatic heterocycles. The van der Waals surface area contributed by atoms with Gasteiger partial charge in [-0.25, -0.2) is 0 Å². The van der Waals surface area contributed by atoms with Crippen molar-refractivity contribution in [1.29, 1.82) is 0 Å². The molecule has 0 aromatic rings. The van der Waals surface area contributed by atoms with E-state index in [1.807, 2.05) is 0 Å². The Bertz CT molecular complexity index is 239. The summed E-state index contributed by atoms with van der Waals surface area (Å²) in [7, 11) is 0. The van der Waals surface area contributed by atoms with E-state index in [4.69, 9.17) is 10.5 Å². The molecule has 3 nitrogen and oxygen atoms in total. The van der Waals surface area contributed by atoms with Gasteiger partial charge in [-0.3, -0.25) is 4.90 Å². The Morgan fingerprint density at radius 1 is 1.00 bits per heavy atom. The molecule has 106 valence electrons. The predicted molar refractivity (Wildman–Crippen MR) is 75.7 cm³/mol. The predicted octanol–water partition coefficient (Wildman–Crippen LogP) is 2.54. The summed E-state index contributed by atoms with van der Waals surface area (Å²) in [5, 5.41) is 0. The van der Waals surface area contributed by atoms with Crippen LogP contribution in [0.2, 0.25) is 0 Å². The number of rotatable bonds is 2. The molecule has 2 N–H and O–H groups in total. The van der Waals surface area contributed by atoms with E-state index in [0.717, 1.165) is 19.6 Å². The molecule has 2 atom stereocenters. The first-order valence-corrected chi connectivity index (χ1v) is 7.77. The lowest BCUT2D eigenvalue weighted by atomic mass is 9.81. The highest BCUT2D eigenvalue weighted by Gasteiger charge is 2.38. The molecule has 1 saturated carbocycles. The molecule has 3 heteroatoms. The molecule has 2 fully saturated rings. The summed E-state index contributed by atoms with van der Waals surface area (Å²) in [6, 6.07) is 0. The first-order chi connectivity index (χ1) is 8.66. The maximum absolute atomic E-state index is 6.20. The van der Waals surface area contributed by atoms with E-state index in [9.17, 15) is 0 Å². The van der Waals surface area contributed by atoms with Gasteiger partial charge in [0.15, 0.2) is 0 Å². The molecular weight excluding hydrogens is 224 g/mol. The van der Waals surface area contributed by atoms with E-state index in [0.29, 0.717) is 12.2 Å². The molecule has 1 aliphatic heterocycles. The smallest absolute Gasteiger partial charge is 0.0678 e. The van der Waals surface area contributed by atoms with Gasteiger partial charge in [0.25, 0.3) is 0 Å². The number of morpholine rings is 1. The van der Waals surface area contributed by atoms with Crippen LogP contribution in [-0.2, 0) is 4.74 Å². The minimum absolute atomic E-state index is 0.257. The van der Waals surface area contributed by atoms with E-state index >= 15 is 0 Å². The molecule has 18 heavy (non-hydrogen) atoms. The molecule has 2 rings (SSSR count). The molecule has 0 bridgehead atoms. The van der Waals surface area contributed by atoms with Crippen molar-refractivity contribution in [2.24, 2.45) is 5.73 Å². The summed E-state index contributed by atoms with van der Waals surface area (Å²) in [6.45, 7) is 7.31. The third kappa shape index (κ3) is 3.25. The second kappa shape index (κ2) is 6.36.